The Balaban J connectivity index is 2.03. The second-order valence-electron chi connectivity index (χ2n) is 12.9. The number of rotatable bonds is 12. The first-order valence-electron chi connectivity index (χ1n) is 14.3. The number of benzene rings is 2. The highest BCUT2D eigenvalue weighted by molar-refractivity contribution is 6.30. The van der Waals surface area contributed by atoms with Gasteiger partial charge in [0.1, 0.15) is 29.0 Å². The van der Waals surface area contributed by atoms with E-state index in [1.807, 2.05) is 0 Å². The fourth-order valence-electron chi connectivity index (χ4n) is 3.79. The van der Waals surface area contributed by atoms with Crippen LogP contribution in [0.1, 0.15) is 91.1 Å². The van der Waals surface area contributed by atoms with Gasteiger partial charge in [-0.25, -0.2) is 4.79 Å². The molecule has 11 heteroatoms. The molecule has 2 amide bonds. The van der Waals surface area contributed by atoms with Crippen LogP contribution in [0.5, 0.6) is 5.75 Å². The summed E-state index contributed by atoms with van der Waals surface area (Å²) in [5, 5.41) is 5.71. The first kappa shape index (κ1) is 36.3. The molecule has 2 aromatic rings. The molecule has 10 nitrogen and oxygen atoms in total. The van der Waals surface area contributed by atoms with Gasteiger partial charge in [0.15, 0.2) is 11.4 Å². The summed E-state index contributed by atoms with van der Waals surface area (Å²) in [6.07, 6.45) is -0.186. The molecule has 0 radical (unpaired) electrons. The van der Waals surface area contributed by atoms with Gasteiger partial charge in [0.25, 0.3) is 5.91 Å². The van der Waals surface area contributed by atoms with Crippen molar-refractivity contribution in [3.8, 4) is 5.75 Å². The van der Waals surface area contributed by atoms with Gasteiger partial charge < -0.3 is 24.8 Å². The third kappa shape index (κ3) is 12.0. The molecule has 0 saturated heterocycles. The van der Waals surface area contributed by atoms with Crippen LogP contribution in [0.25, 0.3) is 0 Å². The molecule has 0 bridgehead atoms. The average Bonchev–Trinajstić information content (AvgIpc) is 2.89. The fraction of sp³-hybridized carbons (Fsp3) is 0.485. The van der Waals surface area contributed by atoms with Crippen molar-refractivity contribution in [2.75, 3.05) is 0 Å². The first-order chi connectivity index (χ1) is 20.2. The molecular weight excluding hydrogens is 588 g/mol. The van der Waals surface area contributed by atoms with Crippen molar-refractivity contribution >= 4 is 41.1 Å². The zero-order chi connectivity index (χ0) is 33.5. The summed E-state index contributed by atoms with van der Waals surface area (Å²) < 4.78 is 16.6. The molecule has 0 heterocycles. The average molecular weight is 631 g/mol. The minimum absolute atomic E-state index is 0.0542. The Hall–Kier alpha value is -3.92. The van der Waals surface area contributed by atoms with Gasteiger partial charge in [-0.3, -0.25) is 19.2 Å². The highest BCUT2D eigenvalue weighted by Crippen LogP contribution is 2.22. The second-order valence-corrected chi connectivity index (χ2v) is 13.3. The maximum absolute atomic E-state index is 13.1. The lowest BCUT2D eigenvalue weighted by molar-refractivity contribution is -0.160. The number of esters is 2. The van der Waals surface area contributed by atoms with Crippen molar-refractivity contribution in [3.63, 3.8) is 0 Å². The summed E-state index contributed by atoms with van der Waals surface area (Å²) in [5.74, 6) is -2.34. The van der Waals surface area contributed by atoms with Crippen molar-refractivity contribution in [1.82, 2.24) is 10.6 Å². The van der Waals surface area contributed by atoms with Gasteiger partial charge in [-0.15, -0.1) is 0 Å². The molecule has 0 spiro atoms. The van der Waals surface area contributed by atoms with E-state index in [4.69, 9.17) is 25.8 Å². The summed E-state index contributed by atoms with van der Waals surface area (Å²) in [7, 11) is 0. The molecule has 0 aromatic heterocycles. The Morgan fingerprint density at radius 2 is 1.25 bits per heavy atom. The molecular formula is C33H43ClN2O8. The highest BCUT2D eigenvalue weighted by atomic mass is 35.5. The summed E-state index contributed by atoms with van der Waals surface area (Å²) in [6, 6.07) is 10.7. The van der Waals surface area contributed by atoms with Crippen LogP contribution < -0.4 is 15.4 Å². The molecule has 0 saturated carbocycles. The Labute approximate surface area is 264 Å². The van der Waals surface area contributed by atoms with Crippen LogP contribution in [0.2, 0.25) is 5.02 Å². The van der Waals surface area contributed by atoms with E-state index in [9.17, 15) is 24.0 Å². The molecule has 0 aliphatic rings. The normalized spacial score (nSPS) is 13.2. The lowest BCUT2D eigenvalue weighted by Gasteiger charge is -2.28. The van der Waals surface area contributed by atoms with Crippen LogP contribution in [0.3, 0.4) is 0 Å². The monoisotopic (exact) mass is 630 g/mol. The molecule has 240 valence electrons. The number of ether oxygens (including phenoxy) is 3. The van der Waals surface area contributed by atoms with Gasteiger partial charge in [0.2, 0.25) is 5.91 Å². The van der Waals surface area contributed by atoms with Crippen molar-refractivity contribution in [2.45, 2.75) is 104 Å². The van der Waals surface area contributed by atoms with E-state index in [0.717, 1.165) is 0 Å². The second kappa shape index (κ2) is 14.7. The van der Waals surface area contributed by atoms with Gasteiger partial charge >= 0.3 is 11.9 Å². The predicted octanol–water partition coefficient (Wildman–Crippen LogP) is 5.18. The molecule has 44 heavy (non-hydrogen) atoms. The molecule has 0 fully saturated rings. The number of amides is 2. The van der Waals surface area contributed by atoms with E-state index < -0.39 is 52.6 Å². The highest BCUT2D eigenvalue weighted by Gasteiger charge is 2.34. The summed E-state index contributed by atoms with van der Waals surface area (Å²) in [5.41, 5.74) is -2.02. The summed E-state index contributed by atoms with van der Waals surface area (Å²) in [4.78, 5) is 63.9. The van der Waals surface area contributed by atoms with Crippen molar-refractivity contribution in [2.24, 2.45) is 0 Å². The third-order valence-corrected chi connectivity index (χ3v) is 6.20. The van der Waals surface area contributed by atoms with Crippen LogP contribution in [-0.2, 0) is 28.7 Å². The minimum Gasteiger partial charge on any atom is -0.478 e. The Morgan fingerprint density at radius 1 is 0.750 bits per heavy atom. The van der Waals surface area contributed by atoms with Crippen LogP contribution in [0, 0.1) is 0 Å². The molecule has 2 N–H and O–H groups in total. The lowest BCUT2D eigenvalue weighted by Crippen LogP contribution is -2.55. The number of ketones is 1. The summed E-state index contributed by atoms with van der Waals surface area (Å²) >= 11 is 5.90. The third-order valence-electron chi connectivity index (χ3n) is 5.95. The van der Waals surface area contributed by atoms with Gasteiger partial charge in [-0.1, -0.05) is 11.6 Å². The molecule has 2 aromatic carbocycles. The SMILES string of the molecule is C[C@H](NC(=O)C(C)(C)Oc1ccc(C(=O)c2ccc(Cl)cc2)cc1)C(=O)N[C@@H](CCC(=O)OC(C)(C)C)C(=O)OC(C)(C)C. The predicted molar refractivity (Wildman–Crippen MR) is 166 cm³/mol. The van der Waals surface area contributed by atoms with Crippen molar-refractivity contribution in [3.05, 3.63) is 64.7 Å². The Morgan fingerprint density at radius 3 is 1.75 bits per heavy atom. The fourth-order valence-corrected chi connectivity index (χ4v) is 3.92. The van der Waals surface area contributed by atoms with Crippen molar-refractivity contribution < 1.29 is 38.2 Å². The van der Waals surface area contributed by atoms with Crippen LogP contribution in [-0.4, -0.2) is 58.4 Å². The van der Waals surface area contributed by atoms with Gasteiger partial charge in [-0.05, 0) is 117 Å². The number of nitrogens with one attached hydrogen (secondary N) is 2. The van der Waals surface area contributed by atoms with E-state index in [2.05, 4.69) is 10.6 Å². The smallest absolute Gasteiger partial charge is 0.329 e. The lowest BCUT2D eigenvalue weighted by atomic mass is 10.0. The zero-order valence-corrected chi connectivity index (χ0v) is 27.6. The topological polar surface area (TPSA) is 137 Å². The van der Waals surface area contributed by atoms with Gasteiger partial charge in [0.05, 0.1) is 0 Å². The zero-order valence-electron chi connectivity index (χ0n) is 26.8. The van der Waals surface area contributed by atoms with E-state index in [-0.39, 0.29) is 18.6 Å². The van der Waals surface area contributed by atoms with Crippen LogP contribution >= 0.6 is 11.6 Å². The van der Waals surface area contributed by atoms with Gasteiger partial charge in [0, 0.05) is 22.6 Å². The van der Waals surface area contributed by atoms with Crippen LogP contribution in [0.15, 0.2) is 48.5 Å². The van der Waals surface area contributed by atoms with E-state index >= 15 is 0 Å². The molecule has 2 atom stereocenters. The summed E-state index contributed by atoms with van der Waals surface area (Å²) in [6.45, 7) is 14.8. The number of carbonyl (C=O) groups excluding carboxylic acids is 5. The quantitative estimate of drug-likeness (QED) is 0.242. The van der Waals surface area contributed by atoms with E-state index in [1.165, 1.54) is 20.8 Å². The molecule has 2 rings (SSSR count). The van der Waals surface area contributed by atoms with Crippen molar-refractivity contribution in [1.29, 1.82) is 0 Å². The largest absolute Gasteiger partial charge is 0.478 e. The standard InChI is InChI=1S/C33H43ClN2O8/c1-20(28(39)36-25(29(40)44-32(5,6)7)18-19-26(37)43-31(2,3)4)35-30(41)33(8,9)42-24-16-12-22(13-17-24)27(38)21-10-14-23(34)15-11-21/h10-17,20,25H,18-19H2,1-9H3,(H,35,41)(H,36,39)/t20-,25-/m0/s1. The Bertz CT molecular complexity index is 1340. The number of hydrogen-bond donors (Lipinski definition) is 2. The number of hydrogen-bond acceptors (Lipinski definition) is 8. The Kier molecular flexibility index (Phi) is 12.1. The minimum atomic E-state index is -1.41. The maximum Gasteiger partial charge on any atom is 0.329 e. The van der Waals surface area contributed by atoms with Crippen LogP contribution in [0.4, 0.5) is 0 Å². The molecule has 0 unspecified atom stereocenters. The van der Waals surface area contributed by atoms with E-state index in [1.54, 1.807) is 90.1 Å². The number of halogens is 1. The first-order valence-corrected chi connectivity index (χ1v) is 14.7. The van der Waals surface area contributed by atoms with Gasteiger partial charge in [-0.2, -0.15) is 0 Å². The maximum atomic E-state index is 13.1. The molecule has 0 aliphatic carbocycles. The van der Waals surface area contributed by atoms with E-state index in [0.29, 0.717) is 21.9 Å². The molecule has 0 aliphatic heterocycles. The number of carbonyl (C=O) groups is 5.